The molecule has 1 atom stereocenters. The fourth-order valence-corrected chi connectivity index (χ4v) is 3.05. The number of hydrogen-bond donors (Lipinski definition) is 1. The molecular formula is C12H26OSi. The monoisotopic (exact) mass is 214 g/mol. The van der Waals surface area contributed by atoms with Crippen LogP contribution in [0.5, 0.6) is 0 Å². The molecular weight excluding hydrogens is 188 g/mol. The van der Waals surface area contributed by atoms with E-state index in [1.54, 1.807) is 0 Å². The zero-order valence-corrected chi connectivity index (χ0v) is 11.6. The Morgan fingerprint density at radius 2 is 1.71 bits per heavy atom. The third-order valence-corrected chi connectivity index (χ3v) is 3.82. The maximum Gasteiger partial charge on any atom is 0.0625 e. The van der Waals surface area contributed by atoms with E-state index in [2.05, 4.69) is 47.0 Å². The van der Waals surface area contributed by atoms with E-state index in [1.807, 2.05) is 0 Å². The standard InChI is InChI=1S/C12H26OSi/c1-10(9-14(5,6)7)8-11(13)12(2,3)4/h11,13H,1,8-9H2,2-7H3. The van der Waals surface area contributed by atoms with E-state index in [9.17, 15) is 5.11 Å². The first kappa shape index (κ1) is 13.9. The summed E-state index contributed by atoms with van der Waals surface area (Å²) in [5.74, 6) is 0. The van der Waals surface area contributed by atoms with Crippen LogP contribution in [0.1, 0.15) is 27.2 Å². The lowest BCUT2D eigenvalue weighted by Gasteiger charge is -2.28. The number of aliphatic hydroxyl groups is 1. The summed E-state index contributed by atoms with van der Waals surface area (Å²) in [7, 11) is -1.06. The van der Waals surface area contributed by atoms with Gasteiger partial charge in [-0.05, 0) is 17.9 Å². The molecule has 1 N–H and O–H groups in total. The van der Waals surface area contributed by atoms with Crippen molar-refractivity contribution in [1.82, 2.24) is 0 Å². The third kappa shape index (κ3) is 6.38. The van der Waals surface area contributed by atoms with Gasteiger partial charge < -0.3 is 5.11 Å². The molecule has 0 aliphatic rings. The van der Waals surface area contributed by atoms with Crippen LogP contribution in [-0.4, -0.2) is 19.3 Å². The topological polar surface area (TPSA) is 20.2 Å². The van der Waals surface area contributed by atoms with Gasteiger partial charge in [-0.15, -0.1) is 6.58 Å². The SMILES string of the molecule is C=C(CC(O)C(C)(C)C)C[Si](C)(C)C. The fourth-order valence-electron chi connectivity index (χ4n) is 1.40. The number of hydrogen-bond acceptors (Lipinski definition) is 1. The smallest absolute Gasteiger partial charge is 0.0625 e. The van der Waals surface area contributed by atoms with Crippen molar-refractivity contribution in [3.05, 3.63) is 12.2 Å². The van der Waals surface area contributed by atoms with Crippen LogP contribution in [0.4, 0.5) is 0 Å². The first-order chi connectivity index (χ1) is 6.02. The molecule has 1 nitrogen and oxygen atoms in total. The summed E-state index contributed by atoms with van der Waals surface area (Å²) in [6, 6.07) is 1.13. The van der Waals surface area contributed by atoms with Crippen molar-refractivity contribution in [2.24, 2.45) is 5.41 Å². The Morgan fingerprint density at radius 1 is 1.29 bits per heavy atom. The van der Waals surface area contributed by atoms with Crippen molar-refractivity contribution >= 4 is 8.07 Å². The van der Waals surface area contributed by atoms with E-state index in [0.717, 1.165) is 12.5 Å². The van der Waals surface area contributed by atoms with Gasteiger partial charge in [0.1, 0.15) is 0 Å². The summed E-state index contributed by atoms with van der Waals surface area (Å²) in [5, 5.41) is 9.91. The molecule has 0 bridgehead atoms. The van der Waals surface area contributed by atoms with Gasteiger partial charge in [0.25, 0.3) is 0 Å². The van der Waals surface area contributed by atoms with Gasteiger partial charge in [0, 0.05) is 8.07 Å². The van der Waals surface area contributed by atoms with Crippen molar-refractivity contribution in [1.29, 1.82) is 0 Å². The summed E-state index contributed by atoms with van der Waals surface area (Å²) in [5.41, 5.74) is 1.19. The molecule has 0 amide bonds. The van der Waals surface area contributed by atoms with Crippen LogP contribution in [0.25, 0.3) is 0 Å². The molecule has 14 heavy (non-hydrogen) atoms. The molecule has 0 saturated heterocycles. The summed E-state index contributed by atoms with van der Waals surface area (Å²) in [6.45, 7) is 17.3. The number of aliphatic hydroxyl groups excluding tert-OH is 1. The van der Waals surface area contributed by atoms with Gasteiger partial charge in [-0.3, -0.25) is 0 Å². The molecule has 0 spiro atoms. The van der Waals surface area contributed by atoms with Gasteiger partial charge in [0.15, 0.2) is 0 Å². The minimum absolute atomic E-state index is 0.0254. The average molecular weight is 214 g/mol. The highest BCUT2D eigenvalue weighted by atomic mass is 28.3. The molecule has 0 aliphatic carbocycles. The van der Waals surface area contributed by atoms with Gasteiger partial charge in [0.05, 0.1) is 6.10 Å². The molecule has 0 rings (SSSR count). The van der Waals surface area contributed by atoms with Crippen molar-refractivity contribution in [3.8, 4) is 0 Å². The Kier molecular flexibility index (Phi) is 4.60. The molecule has 1 unspecified atom stereocenters. The molecule has 0 radical (unpaired) electrons. The third-order valence-electron chi connectivity index (χ3n) is 2.26. The Labute approximate surface area is 90.2 Å². The van der Waals surface area contributed by atoms with Crippen LogP contribution in [0, 0.1) is 5.41 Å². The highest BCUT2D eigenvalue weighted by Crippen LogP contribution is 2.27. The normalized spacial score (nSPS) is 15.4. The van der Waals surface area contributed by atoms with Crippen LogP contribution in [0.15, 0.2) is 12.2 Å². The van der Waals surface area contributed by atoms with Crippen LogP contribution in [0.3, 0.4) is 0 Å². The largest absolute Gasteiger partial charge is 0.392 e. The molecule has 0 saturated carbocycles. The molecule has 0 aliphatic heterocycles. The lowest BCUT2D eigenvalue weighted by molar-refractivity contribution is 0.0637. The highest BCUT2D eigenvalue weighted by molar-refractivity contribution is 6.76. The summed E-state index contributed by atoms with van der Waals surface area (Å²) < 4.78 is 0. The minimum Gasteiger partial charge on any atom is -0.392 e. The predicted octanol–water partition coefficient (Wildman–Crippen LogP) is 3.68. The van der Waals surface area contributed by atoms with Gasteiger partial charge >= 0.3 is 0 Å². The van der Waals surface area contributed by atoms with Crippen molar-refractivity contribution in [3.63, 3.8) is 0 Å². The Morgan fingerprint density at radius 3 is 2.00 bits per heavy atom. The van der Waals surface area contributed by atoms with E-state index in [1.165, 1.54) is 5.57 Å². The fraction of sp³-hybridized carbons (Fsp3) is 0.833. The Balaban J connectivity index is 4.09. The maximum absolute atomic E-state index is 9.91. The summed E-state index contributed by atoms with van der Waals surface area (Å²) in [6.07, 6.45) is 0.500. The van der Waals surface area contributed by atoms with Gasteiger partial charge in [-0.1, -0.05) is 46.0 Å². The second-order valence-corrected chi connectivity index (χ2v) is 12.0. The molecule has 0 heterocycles. The first-order valence-electron chi connectivity index (χ1n) is 5.37. The molecule has 0 fully saturated rings. The van der Waals surface area contributed by atoms with Crippen LogP contribution in [-0.2, 0) is 0 Å². The molecule has 84 valence electrons. The van der Waals surface area contributed by atoms with E-state index in [-0.39, 0.29) is 11.5 Å². The van der Waals surface area contributed by atoms with Crippen LogP contribution < -0.4 is 0 Å². The molecule has 0 aromatic carbocycles. The molecule has 2 heteroatoms. The van der Waals surface area contributed by atoms with Crippen LogP contribution in [0.2, 0.25) is 25.7 Å². The quantitative estimate of drug-likeness (QED) is 0.559. The second-order valence-electron chi connectivity index (χ2n) is 6.57. The predicted molar refractivity (Wildman–Crippen MR) is 67.4 cm³/mol. The lowest BCUT2D eigenvalue weighted by Crippen LogP contribution is -2.28. The summed E-state index contributed by atoms with van der Waals surface area (Å²) >= 11 is 0. The van der Waals surface area contributed by atoms with Gasteiger partial charge in [-0.2, -0.15) is 0 Å². The van der Waals surface area contributed by atoms with Crippen molar-refractivity contribution < 1.29 is 5.11 Å². The van der Waals surface area contributed by atoms with Crippen molar-refractivity contribution in [2.45, 2.75) is 59.0 Å². The van der Waals surface area contributed by atoms with E-state index in [4.69, 9.17) is 0 Å². The summed E-state index contributed by atoms with van der Waals surface area (Å²) in [4.78, 5) is 0. The minimum atomic E-state index is -1.06. The molecule has 0 aromatic rings. The zero-order chi connectivity index (χ0) is 11.6. The first-order valence-corrected chi connectivity index (χ1v) is 9.08. The second kappa shape index (κ2) is 4.62. The van der Waals surface area contributed by atoms with Crippen molar-refractivity contribution in [2.75, 3.05) is 0 Å². The van der Waals surface area contributed by atoms with Crippen LogP contribution >= 0.6 is 0 Å². The Hall–Kier alpha value is -0.0831. The molecule has 0 aromatic heterocycles. The van der Waals surface area contributed by atoms with E-state index < -0.39 is 8.07 Å². The van der Waals surface area contributed by atoms with Gasteiger partial charge in [0.2, 0.25) is 0 Å². The van der Waals surface area contributed by atoms with Gasteiger partial charge in [-0.25, -0.2) is 0 Å². The lowest BCUT2D eigenvalue weighted by atomic mass is 9.86. The maximum atomic E-state index is 9.91. The Bertz CT molecular complexity index is 195. The zero-order valence-electron chi connectivity index (χ0n) is 10.6. The average Bonchev–Trinajstić information content (AvgIpc) is 1.79. The highest BCUT2D eigenvalue weighted by Gasteiger charge is 2.24. The number of rotatable bonds is 4. The van der Waals surface area contributed by atoms with E-state index >= 15 is 0 Å². The van der Waals surface area contributed by atoms with E-state index in [0.29, 0.717) is 0 Å².